The molecule has 1 N–H and O–H groups in total. The summed E-state index contributed by atoms with van der Waals surface area (Å²) in [6.45, 7) is 9.58. The monoisotopic (exact) mass is 355 g/mol. The molecule has 0 heterocycles. The van der Waals surface area contributed by atoms with Crippen molar-refractivity contribution in [2.45, 2.75) is 91.1 Å². The van der Waals surface area contributed by atoms with Gasteiger partial charge in [-0.3, -0.25) is 0 Å². The van der Waals surface area contributed by atoms with E-state index >= 15 is 0 Å². The third-order valence-electron chi connectivity index (χ3n) is 5.00. The lowest BCUT2D eigenvalue weighted by molar-refractivity contribution is -0.931. The fourth-order valence-electron chi connectivity index (χ4n) is 3.51. The molecule has 4 nitrogen and oxygen atoms in total. The summed E-state index contributed by atoms with van der Waals surface area (Å²) in [7, 11) is 0. The first-order chi connectivity index (χ1) is 12.0. The number of allylic oxidation sites excluding steroid dienone is 2. The number of aliphatic carboxylic acids is 1. The summed E-state index contributed by atoms with van der Waals surface area (Å²) in [5, 5.41) is 21.6. The highest BCUT2D eigenvalue weighted by Crippen LogP contribution is 2.18. The summed E-state index contributed by atoms with van der Waals surface area (Å²) in [6.07, 6.45) is 13.5. The molecule has 148 valence electrons. The number of carbonyl (C=O) groups is 1. The molecule has 25 heavy (non-hydrogen) atoms. The van der Waals surface area contributed by atoms with Gasteiger partial charge in [0.05, 0.1) is 19.6 Å². The van der Waals surface area contributed by atoms with Gasteiger partial charge in [0.25, 0.3) is 0 Å². The molecule has 0 aromatic carbocycles. The minimum Gasteiger partial charge on any atom is -0.550 e. The van der Waals surface area contributed by atoms with Gasteiger partial charge in [-0.15, -0.1) is 0 Å². The molecular weight excluding hydrogens is 314 g/mol. The molecule has 1 unspecified atom stereocenters. The maximum atomic E-state index is 11.0. The van der Waals surface area contributed by atoms with Crippen LogP contribution in [-0.2, 0) is 4.79 Å². The molecule has 0 aromatic rings. The van der Waals surface area contributed by atoms with Crippen LogP contribution in [0.15, 0.2) is 12.2 Å². The van der Waals surface area contributed by atoms with E-state index in [1.54, 1.807) is 0 Å². The number of aliphatic hydroxyl groups excluding tert-OH is 1. The van der Waals surface area contributed by atoms with Crippen LogP contribution in [0.25, 0.3) is 0 Å². The van der Waals surface area contributed by atoms with Crippen LogP contribution in [0.4, 0.5) is 0 Å². The van der Waals surface area contributed by atoms with Gasteiger partial charge >= 0.3 is 0 Å². The van der Waals surface area contributed by atoms with E-state index in [1.165, 1.54) is 0 Å². The second-order valence-electron chi connectivity index (χ2n) is 7.39. The highest BCUT2D eigenvalue weighted by molar-refractivity contribution is 5.64. The number of unbranched alkanes of at least 4 members (excludes halogenated alkanes) is 5. The summed E-state index contributed by atoms with van der Waals surface area (Å²) >= 11 is 0. The second-order valence-corrected chi connectivity index (χ2v) is 7.39. The number of carboxylic acids is 1. The summed E-state index contributed by atoms with van der Waals surface area (Å²) < 4.78 is 0.735. The largest absolute Gasteiger partial charge is 0.550 e. The minimum absolute atomic E-state index is 0.0868. The van der Waals surface area contributed by atoms with E-state index in [1.807, 2.05) is 13.0 Å². The molecule has 0 bridgehead atoms. The van der Waals surface area contributed by atoms with E-state index in [9.17, 15) is 15.0 Å². The highest BCUT2D eigenvalue weighted by atomic mass is 16.4. The van der Waals surface area contributed by atoms with E-state index in [0.29, 0.717) is 13.1 Å². The number of rotatable bonds is 17. The summed E-state index contributed by atoms with van der Waals surface area (Å²) in [4.78, 5) is 11.0. The van der Waals surface area contributed by atoms with Gasteiger partial charge in [0.15, 0.2) is 0 Å². The average molecular weight is 356 g/mol. The Bertz CT molecular complexity index is 345. The number of quaternary nitrogens is 1. The maximum absolute atomic E-state index is 11.0. The second kappa shape index (κ2) is 15.4. The Morgan fingerprint density at radius 3 is 2.12 bits per heavy atom. The minimum atomic E-state index is -0.976. The van der Waals surface area contributed by atoms with Crippen molar-refractivity contribution in [3.05, 3.63) is 12.2 Å². The zero-order chi connectivity index (χ0) is 19.0. The molecule has 0 saturated carbocycles. The van der Waals surface area contributed by atoms with Crippen molar-refractivity contribution in [3.8, 4) is 0 Å². The van der Waals surface area contributed by atoms with E-state index in [-0.39, 0.29) is 12.5 Å². The third-order valence-corrected chi connectivity index (χ3v) is 5.00. The number of hydrogen-bond donors (Lipinski definition) is 1. The summed E-state index contributed by atoms with van der Waals surface area (Å²) in [5.74, 6) is -0.976. The zero-order valence-corrected chi connectivity index (χ0v) is 16.8. The van der Waals surface area contributed by atoms with Gasteiger partial charge in [-0.2, -0.15) is 0 Å². The first-order valence-electron chi connectivity index (χ1n) is 10.3. The van der Waals surface area contributed by atoms with Crippen LogP contribution >= 0.6 is 0 Å². The van der Waals surface area contributed by atoms with Gasteiger partial charge < -0.3 is 19.5 Å². The van der Waals surface area contributed by atoms with E-state index in [2.05, 4.69) is 19.9 Å². The van der Waals surface area contributed by atoms with Crippen molar-refractivity contribution in [1.82, 2.24) is 0 Å². The van der Waals surface area contributed by atoms with Crippen molar-refractivity contribution in [2.75, 3.05) is 26.2 Å². The van der Waals surface area contributed by atoms with Crippen LogP contribution in [0.3, 0.4) is 0 Å². The van der Waals surface area contributed by atoms with Crippen molar-refractivity contribution in [1.29, 1.82) is 0 Å². The van der Waals surface area contributed by atoms with Crippen LogP contribution in [0.2, 0.25) is 0 Å². The number of carbonyl (C=O) groups excluding carboxylic acids is 1. The number of aliphatic hydroxyl groups is 1. The fraction of sp³-hybridized carbons (Fsp3) is 0.857. The van der Waals surface area contributed by atoms with Crippen molar-refractivity contribution < 1.29 is 19.5 Å². The molecule has 0 saturated heterocycles. The van der Waals surface area contributed by atoms with Crippen molar-refractivity contribution in [2.24, 2.45) is 0 Å². The SMILES string of the molecule is C/C=C/CCCC(O)C[N+](CCCCC)(CCCCC)CCC(=O)[O-]. The smallest absolute Gasteiger partial charge is 0.105 e. The molecule has 0 radical (unpaired) electrons. The number of hydrogen-bond acceptors (Lipinski definition) is 3. The van der Waals surface area contributed by atoms with Gasteiger partial charge in [-0.05, 0) is 51.9 Å². The lowest BCUT2D eigenvalue weighted by Gasteiger charge is -2.41. The van der Waals surface area contributed by atoms with Gasteiger partial charge in [0.2, 0.25) is 0 Å². The van der Waals surface area contributed by atoms with Gasteiger partial charge in [0.1, 0.15) is 12.6 Å². The van der Waals surface area contributed by atoms with Crippen LogP contribution in [0.1, 0.15) is 85.0 Å². The van der Waals surface area contributed by atoms with Crippen LogP contribution in [-0.4, -0.2) is 47.8 Å². The zero-order valence-electron chi connectivity index (χ0n) is 16.8. The Kier molecular flexibility index (Phi) is 14.9. The Morgan fingerprint density at radius 1 is 1.04 bits per heavy atom. The molecule has 0 fully saturated rings. The topological polar surface area (TPSA) is 60.4 Å². The molecule has 1 atom stereocenters. The quantitative estimate of drug-likeness (QED) is 0.247. The molecule has 0 aliphatic rings. The molecule has 0 rings (SSSR count). The van der Waals surface area contributed by atoms with E-state index < -0.39 is 5.97 Å². The Hall–Kier alpha value is -0.870. The lowest BCUT2D eigenvalue weighted by Crippen LogP contribution is -2.55. The fourth-order valence-corrected chi connectivity index (χ4v) is 3.51. The summed E-state index contributed by atoms with van der Waals surface area (Å²) in [6, 6.07) is 0. The highest BCUT2D eigenvalue weighted by Gasteiger charge is 2.29. The normalized spacial score (nSPS) is 13.4. The van der Waals surface area contributed by atoms with Gasteiger partial charge in [0, 0.05) is 12.4 Å². The van der Waals surface area contributed by atoms with E-state index in [0.717, 1.165) is 75.4 Å². The molecular formula is C21H41NO3. The molecule has 0 amide bonds. The maximum Gasteiger partial charge on any atom is 0.105 e. The lowest BCUT2D eigenvalue weighted by atomic mass is 10.1. The predicted octanol–water partition coefficient (Wildman–Crippen LogP) is 3.43. The van der Waals surface area contributed by atoms with Crippen molar-refractivity contribution in [3.63, 3.8) is 0 Å². The van der Waals surface area contributed by atoms with Crippen LogP contribution in [0, 0.1) is 0 Å². The molecule has 0 aromatic heterocycles. The first kappa shape index (κ1) is 24.1. The Labute approximate surface area is 155 Å². The third kappa shape index (κ3) is 13.1. The standard InChI is InChI=1S/C21H41NO3/c1-4-7-10-11-14-20(23)19-22(16-12-8-5-2,17-13-9-6-3)18-15-21(24)25/h4,7,20,23H,5-6,8-19H2,1-3H3/b7-4+. The van der Waals surface area contributed by atoms with Crippen LogP contribution in [0.5, 0.6) is 0 Å². The molecule has 0 aliphatic carbocycles. The average Bonchev–Trinajstić information content (AvgIpc) is 2.57. The Morgan fingerprint density at radius 2 is 1.64 bits per heavy atom. The number of carboxylic acid groups (broad SMARTS) is 1. The molecule has 0 aliphatic heterocycles. The number of nitrogens with zero attached hydrogens (tertiary/aromatic N) is 1. The van der Waals surface area contributed by atoms with E-state index in [4.69, 9.17) is 0 Å². The van der Waals surface area contributed by atoms with Crippen molar-refractivity contribution >= 4 is 5.97 Å². The van der Waals surface area contributed by atoms with Crippen LogP contribution < -0.4 is 5.11 Å². The van der Waals surface area contributed by atoms with Gasteiger partial charge in [-0.25, -0.2) is 0 Å². The predicted molar refractivity (Wildman–Crippen MR) is 103 cm³/mol. The summed E-state index contributed by atoms with van der Waals surface area (Å²) in [5.41, 5.74) is 0. The van der Waals surface area contributed by atoms with Gasteiger partial charge in [-0.1, -0.05) is 38.8 Å². The molecule has 4 heteroatoms. The Balaban J connectivity index is 4.87. The first-order valence-corrected chi connectivity index (χ1v) is 10.3. The molecule has 0 spiro atoms.